The number of hydrogen-bond donors (Lipinski definition) is 2. The summed E-state index contributed by atoms with van der Waals surface area (Å²) in [6.07, 6.45) is 0. The molecule has 0 saturated carbocycles. The molecule has 1 aromatic rings. The zero-order valence-corrected chi connectivity index (χ0v) is 9.98. The summed E-state index contributed by atoms with van der Waals surface area (Å²) in [5.41, 5.74) is 3.76. The predicted octanol–water partition coefficient (Wildman–Crippen LogP) is 1.62. The van der Waals surface area contributed by atoms with Gasteiger partial charge in [-0.2, -0.15) is 0 Å². The molecule has 0 heterocycles. The summed E-state index contributed by atoms with van der Waals surface area (Å²) in [6, 6.07) is 5.45. The van der Waals surface area contributed by atoms with Crippen LogP contribution in [0.3, 0.4) is 0 Å². The van der Waals surface area contributed by atoms with Crippen LogP contribution in [0.4, 0.5) is 0 Å². The molecule has 0 saturated heterocycles. The van der Waals surface area contributed by atoms with Crippen molar-refractivity contribution >= 4 is 40.9 Å². The number of halogens is 2. The molecule has 0 bridgehead atoms. The number of carbonyl (C=O) groups is 1. The molecule has 0 unspecified atom stereocenters. The van der Waals surface area contributed by atoms with E-state index in [0.717, 1.165) is 9.13 Å². The molecule has 13 heavy (non-hydrogen) atoms. The van der Waals surface area contributed by atoms with E-state index in [4.69, 9.17) is 5.84 Å². The van der Waals surface area contributed by atoms with E-state index in [0.29, 0.717) is 5.56 Å². The molecular weight excluding hydrogens is 302 g/mol. The van der Waals surface area contributed by atoms with Crippen molar-refractivity contribution in [1.29, 1.82) is 0 Å². The summed E-state index contributed by atoms with van der Waals surface area (Å²) in [5, 5.41) is 0. The van der Waals surface area contributed by atoms with Crippen LogP contribution in [0.5, 0.6) is 0 Å². The van der Waals surface area contributed by atoms with Crippen LogP contribution in [-0.4, -0.2) is 5.91 Å². The Labute approximate surface area is 96.6 Å². The summed E-state index contributed by atoms with van der Waals surface area (Å²) in [4.78, 5) is 11.0. The van der Waals surface area contributed by atoms with E-state index in [-0.39, 0.29) is 18.3 Å². The van der Waals surface area contributed by atoms with Crippen molar-refractivity contribution in [2.24, 2.45) is 5.84 Å². The second kappa shape index (κ2) is 5.41. The van der Waals surface area contributed by atoms with E-state index in [1.165, 1.54) is 0 Å². The average Bonchev–Trinajstić information content (AvgIpc) is 2.08. The van der Waals surface area contributed by atoms with Gasteiger partial charge in [-0.25, -0.2) is 5.84 Å². The second-order valence-electron chi connectivity index (χ2n) is 2.44. The van der Waals surface area contributed by atoms with Gasteiger partial charge >= 0.3 is 0 Å². The lowest BCUT2D eigenvalue weighted by Crippen LogP contribution is -2.29. The number of aryl methyl sites for hydroxylation is 1. The fourth-order valence-electron chi connectivity index (χ4n) is 0.869. The van der Waals surface area contributed by atoms with Gasteiger partial charge in [-0.1, -0.05) is 0 Å². The fourth-order valence-corrected chi connectivity index (χ4v) is 1.20. The molecule has 0 atom stereocenters. The lowest BCUT2D eigenvalue weighted by molar-refractivity contribution is 0.0953. The molecule has 0 spiro atoms. The van der Waals surface area contributed by atoms with Gasteiger partial charge in [0.15, 0.2) is 0 Å². The van der Waals surface area contributed by atoms with Gasteiger partial charge in [0, 0.05) is 9.13 Å². The van der Waals surface area contributed by atoms with Crippen molar-refractivity contribution in [3.63, 3.8) is 0 Å². The van der Waals surface area contributed by atoms with E-state index in [2.05, 4.69) is 28.0 Å². The molecule has 3 nitrogen and oxygen atoms in total. The molecule has 1 amide bonds. The van der Waals surface area contributed by atoms with Crippen molar-refractivity contribution < 1.29 is 4.79 Å². The fraction of sp³-hybridized carbons (Fsp3) is 0.125. The molecule has 1 aromatic carbocycles. The van der Waals surface area contributed by atoms with Gasteiger partial charge in [0.1, 0.15) is 0 Å². The maximum absolute atomic E-state index is 11.0. The third-order valence-corrected chi connectivity index (χ3v) is 2.76. The van der Waals surface area contributed by atoms with Crippen molar-refractivity contribution in [2.45, 2.75) is 6.92 Å². The topological polar surface area (TPSA) is 55.1 Å². The summed E-state index contributed by atoms with van der Waals surface area (Å²) >= 11 is 2.21. The first-order valence-electron chi connectivity index (χ1n) is 3.42. The maximum Gasteiger partial charge on any atom is 0.265 e. The number of nitrogen functional groups attached to an aromatic ring is 1. The van der Waals surface area contributed by atoms with Gasteiger partial charge in [0.25, 0.3) is 5.91 Å². The molecule has 0 aliphatic carbocycles. The molecule has 3 N–H and O–H groups in total. The van der Waals surface area contributed by atoms with Gasteiger partial charge in [-0.05, 0) is 53.3 Å². The van der Waals surface area contributed by atoms with Crippen molar-refractivity contribution in [2.75, 3.05) is 0 Å². The van der Waals surface area contributed by atoms with Crippen LogP contribution in [0.15, 0.2) is 18.2 Å². The first-order valence-corrected chi connectivity index (χ1v) is 4.50. The smallest absolute Gasteiger partial charge is 0.265 e. The van der Waals surface area contributed by atoms with Crippen LogP contribution in [0.1, 0.15) is 15.9 Å². The number of amides is 1. The van der Waals surface area contributed by atoms with E-state index in [1.807, 2.05) is 19.1 Å². The number of carbonyl (C=O) groups excluding carboxylic acids is 1. The summed E-state index contributed by atoms with van der Waals surface area (Å²) < 4.78 is 1.14. The van der Waals surface area contributed by atoms with Gasteiger partial charge in [0.05, 0.1) is 0 Å². The maximum atomic E-state index is 11.0. The van der Waals surface area contributed by atoms with Crippen LogP contribution in [0.25, 0.3) is 0 Å². The third kappa shape index (κ3) is 3.13. The lowest BCUT2D eigenvalue weighted by Gasteiger charge is -2.01. The van der Waals surface area contributed by atoms with Gasteiger partial charge < -0.3 is 0 Å². The predicted molar refractivity (Wildman–Crippen MR) is 62.8 cm³/mol. The lowest BCUT2D eigenvalue weighted by atomic mass is 10.1. The Hall–Kier alpha value is -0.330. The monoisotopic (exact) mass is 312 g/mol. The minimum absolute atomic E-state index is 0. The Bertz CT molecular complexity index is 317. The molecule has 1 rings (SSSR count). The standard InChI is InChI=1S/C8H9IN2O.ClH/c1-5-4-6(8(12)11-10)2-3-7(5)9;/h2-4H,10H2,1H3,(H,11,12);1H. The molecule has 0 aliphatic rings. The number of benzene rings is 1. The van der Waals surface area contributed by atoms with Crippen LogP contribution in [0.2, 0.25) is 0 Å². The van der Waals surface area contributed by atoms with Crippen LogP contribution in [-0.2, 0) is 0 Å². The molecule has 0 radical (unpaired) electrons. The number of nitrogens with one attached hydrogen (secondary N) is 1. The Morgan fingerprint density at radius 2 is 2.15 bits per heavy atom. The minimum atomic E-state index is -0.255. The van der Waals surface area contributed by atoms with Crippen molar-refractivity contribution in [1.82, 2.24) is 5.43 Å². The van der Waals surface area contributed by atoms with Crippen molar-refractivity contribution in [3.8, 4) is 0 Å². The largest absolute Gasteiger partial charge is 0.290 e. The Kier molecular flexibility index (Phi) is 5.27. The highest BCUT2D eigenvalue weighted by molar-refractivity contribution is 14.1. The molecule has 72 valence electrons. The number of rotatable bonds is 1. The van der Waals surface area contributed by atoms with Gasteiger partial charge in [0.2, 0.25) is 0 Å². The molecule has 0 aromatic heterocycles. The Morgan fingerprint density at radius 3 is 2.62 bits per heavy atom. The highest BCUT2D eigenvalue weighted by Gasteiger charge is 2.03. The normalized spacial score (nSPS) is 8.85. The summed E-state index contributed by atoms with van der Waals surface area (Å²) in [5.74, 6) is 4.74. The van der Waals surface area contributed by atoms with E-state index in [1.54, 1.807) is 6.07 Å². The molecule has 0 fully saturated rings. The summed E-state index contributed by atoms with van der Waals surface area (Å²) in [7, 11) is 0. The van der Waals surface area contributed by atoms with Crippen LogP contribution < -0.4 is 11.3 Å². The quantitative estimate of drug-likeness (QED) is 0.358. The average molecular weight is 313 g/mol. The highest BCUT2D eigenvalue weighted by atomic mass is 127. The molecular formula is C8H10ClIN2O. The van der Waals surface area contributed by atoms with Crippen LogP contribution >= 0.6 is 35.0 Å². The Morgan fingerprint density at radius 1 is 1.54 bits per heavy atom. The molecule has 0 aliphatic heterocycles. The number of hydrogen-bond acceptors (Lipinski definition) is 2. The summed E-state index contributed by atoms with van der Waals surface area (Å²) in [6.45, 7) is 1.95. The first kappa shape index (κ1) is 12.7. The number of hydrazine groups is 1. The molecule has 5 heteroatoms. The van der Waals surface area contributed by atoms with E-state index in [9.17, 15) is 4.79 Å². The highest BCUT2D eigenvalue weighted by Crippen LogP contribution is 2.12. The van der Waals surface area contributed by atoms with Gasteiger partial charge in [-0.15, -0.1) is 12.4 Å². The van der Waals surface area contributed by atoms with Gasteiger partial charge in [-0.3, -0.25) is 10.2 Å². The van der Waals surface area contributed by atoms with Crippen molar-refractivity contribution in [3.05, 3.63) is 32.9 Å². The van der Waals surface area contributed by atoms with E-state index < -0.39 is 0 Å². The number of nitrogens with two attached hydrogens (primary N) is 1. The third-order valence-electron chi connectivity index (χ3n) is 1.55. The SMILES string of the molecule is Cc1cc(C(=O)NN)ccc1I.Cl. The Balaban J connectivity index is 0.00000144. The zero-order valence-electron chi connectivity index (χ0n) is 7.00. The van der Waals surface area contributed by atoms with Crippen LogP contribution in [0, 0.1) is 10.5 Å². The van der Waals surface area contributed by atoms with E-state index >= 15 is 0 Å². The zero-order chi connectivity index (χ0) is 9.14. The second-order valence-corrected chi connectivity index (χ2v) is 3.60. The first-order chi connectivity index (χ1) is 5.65. The minimum Gasteiger partial charge on any atom is -0.290 e.